The van der Waals surface area contributed by atoms with Gasteiger partial charge >= 0.3 is 5.69 Å². The van der Waals surface area contributed by atoms with Crippen LogP contribution in [-0.2, 0) is 13.1 Å². The third-order valence-electron chi connectivity index (χ3n) is 4.53. The number of hydrogen-bond donors (Lipinski definition) is 2. The number of H-pyrrole nitrogens is 1. The molecule has 0 unspecified atom stereocenters. The molecular formula is C18H18N4O3S. The smallest absolute Gasteiger partial charge is 0.329 e. The van der Waals surface area contributed by atoms with Crippen LogP contribution in [0.25, 0.3) is 11.0 Å². The van der Waals surface area contributed by atoms with Crippen LogP contribution in [0.4, 0.5) is 0 Å². The first-order valence-electron chi connectivity index (χ1n) is 8.56. The molecule has 8 heteroatoms. The molecule has 1 aliphatic carbocycles. The van der Waals surface area contributed by atoms with Crippen molar-refractivity contribution in [3.63, 3.8) is 0 Å². The number of amides is 1. The fourth-order valence-corrected chi connectivity index (χ4v) is 3.67. The molecule has 0 radical (unpaired) electrons. The summed E-state index contributed by atoms with van der Waals surface area (Å²) in [6.45, 7) is 2.56. The number of aromatic nitrogens is 3. The SMILES string of the molecule is CCn1c(=O)[nH]c(=O)c2c(C(=O)NCc3cccs3)cc(C3CC3)nc21. The number of hydrogen-bond acceptors (Lipinski definition) is 5. The lowest BCUT2D eigenvalue weighted by molar-refractivity contribution is 0.0952. The summed E-state index contributed by atoms with van der Waals surface area (Å²) in [4.78, 5) is 45.2. The highest BCUT2D eigenvalue weighted by atomic mass is 32.1. The second-order valence-corrected chi connectivity index (χ2v) is 7.37. The van der Waals surface area contributed by atoms with Gasteiger partial charge in [-0.1, -0.05) is 6.07 Å². The van der Waals surface area contributed by atoms with E-state index >= 15 is 0 Å². The molecule has 0 aliphatic heterocycles. The highest BCUT2D eigenvalue weighted by Gasteiger charge is 2.28. The van der Waals surface area contributed by atoms with E-state index in [9.17, 15) is 14.4 Å². The average Bonchev–Trinajstić information content (AvgIpc) is 3.35. The Morgan fingerprint density at radius 3 is 2.88 bits per heavy atom. The predicted octanol–water partition coefficient (Wildman–Crippen LogP) is 1.97. The Hall–Kier alpha value is -2.74. The van der Waals surface area contributed by atoms with E-state index in [1.54, 1.807) is 24.3 Å². The predicted molar refractivity (Wildman–Crippen MR) is 99.8 cm³/mol. The number of fused-ring (bicyclic) bond motifs is 1. The van der Waals surface area contributed by atoms with Gasteiger partial charge in [-0.05, 0) is 37.3 Å². The van der Waals surface area contributed by atoms with Gasteiger partial charge in [0.2, 0.25) is 0 Å². The first kappa shape index (κ1) is 16.7. The van der Waals surface area contributed by atoms with Crippen molar-refractivity contribution >= 4 is 28.3 Å². The van der Waals surface area contributed by atoms with Crippen molar-refractivity contribution in [2.24, 2.45) is 0 Å². The fourth-order valence-electron chi connectivity index (χ4n) is 3.03. The van der Waals surface area contributed by atoms with Crippen LogP contribution >= 0.6 is 11.3 Å². The number of nitrogens with one attached hydrogen (secondary N) is 2. The van der Waals surface area contributed by atoms with Gasteiger partial charge in [0.1, 0.15) is 0 Å². The van der Waals surface area contributed by atoms with Gasteiger partial charge in [-0.15, -0.1) is 11.3 Å². The van der Waals surface area contributed by atoms with Gasteiger partial charge in [0.25, 0.3) is 11.5 Å². The van der Waals surface area contributed by atoms with Crippen molar-refractivity contribution in [1.29, 1.82) is 0 Å². The third-order valence-corrected chi connectivity index (χ3v) is 5.40. The third kappa shape index (κ3) is 2.96. The van der Waals surface area contributed by atoms with E-state index in [0.717, 1.165) is 23.4 Å². The zero-order valence-electron chi connectivity index (χ0n) is 14.2. The Balaban J connectivity index is 1.85. The van der Waals surface area contributed by atoms with Crippen molar-refractivity contribution in [3.8, 4) is 0 Å². The van der Waals surface area contributed by atoms with E-state index < -0.39 is 11.2 Å². The first-order chi connectivity index (χ1) is 12.6. The topological polar surface area (TPSA) is 96.9 Å². The van der Waals surface area contributed by atoms with E-state index in [-0.39, 0.29) is 22.5 Å². The van der Waals surface area contributed by atoms with Gasteiger partial charge in [-0.3, -0.25) is 19.1 Å². The molecule has 0 spiro atoms. The summed E-state index contributed by atoms with van der Waals surface area (Å²) in [7, 11) is 0. The van der Waals surface area contributed by atoms with Crippen molar-refractivity contribution in [1.82, 2.24) is 19.9 Å². The molecule has 1 fully saturated rings. The second-order valence-electron chi connectivity index (χ2n) is 6.33. The molecule has 1 aliphatic rings. The molecule has 0 aromatic carbocycles. The average molecular weight is 370 g/mol. The highest BCUT2D eigenvalue weighted by molar-refractivity contribution is 7.09. The molecule has 26 heavy (non-hydrogen) atoms. The lowest BCUT2D eigenvalue weighted by atomic mass is 10.1. The van der Waals surface area contributed by atoms with Crippen LogP contribution in [0.3, 0.4) is 0 Å². The maximum Gasteiger partial charge on any atom is 0.329 e. The van der Waals surface area contributed by atoms with Crippen LogP contribution in [0.15, 0.2) is 33.2 Å². The molecule has 0 bridgehead atoms. The van der Waals surface area contributed by atoms with E-state index in [2.05, 4.69) is 15.3 Å². The molecule has 7 nitrogen and oxygen atoms in total. The molecule has 1 amide bonds. The molecular weight excluding hydrogens is 352 g/mol. The second kappa shape index (κ2) is 6.53. The number of thiophene rings is 1. The molecule has 134 valence electrons. The minimum atomic E-state index is -0.578. The molecule has 2 N–H and O–H groups in total. The Labute approximate surface area is 152 Å². The number of nitrogens with zero attached hydrogens (tertiary/aromatic N) is 2. The molecule has 0 atom stereocenters. The molecule has 4 rings (SSSR count). The van der Waals surface area contributed by atoms with Gasteiger partial charge in [-0.25, -0.2) is 9.78 Å². The van der Waals surface area contributed by atoms with E-state index in [1.165, 1.54) is 4.57 Å². The van der Waals surface area contributed by atoms with E-state index in [4.69, 9.17) is 0 Å². The molecule has 3 aromatic heterocycles. The number of rotatable bonds is 5. The van der Waals surface area contributed by atoms with E-state index in [0.29, 0.717) is 19.0 Å². The standard InChI is InChI=1S/C18H18N4O3S/c1-2-22-15-14(17(24)21-18(22)25)12(8-13(20-15)10-5-6-10)16(23)19-9-11-4-3-7-26-11/h3-4,7-8,10H,2,5-6,9H2,1H3,(H,19,23)(H,21,24,25). The van der Waals surface area contributed by atoms with Crippen LogP contribution in [0.1, 0.15) is 46.6 Å². The lowest BCUT2D eigenvalue weighted by Gasteiger charge is -2.12. The van der Waals surface area contributed by atoms with E-state index in [1.807, 2.05) is 17.5 Å². The minimum Gasteiger partial charge on any atom is -0.347 e. The number of aryl methyl sites for hydroxylation is 1. The monoisotopic (exact) mass is 370 g/mol. The minimum absolute atomic E-state index is 0.166. The number of aromatic amines is 1. The lowest BCUT2D eigenvalue weighted by Crippen LogP contribution is -2.33. The zero-order chi connectivity index (χ0) is 18.3. The first-order valence-corrected chi connectivity index (χ1v) is 9.44. The van der Waals surface area contributed by atoms with Crippen molar-refractivity contribution in [2.45, 2.75) is 38.8 Å². The van der Waals surface area contributed by atoms with Gasteiger partial charge in [0, 0.05) is 23.0 Å². The summed E-state index contributed by atoms with van der Waals surface area (Å²) in [5.41, 5.74) is 0.246. The largest absolute Gasteiger partial charge is 0.347 e. The van der Waals surface area contributed by atoms with Crippen LogP contribution in [0, 0.1) is 0 Å². The van der Waals surface area contributed by atoms with Crippen LogP contribution in [-0.4, -0.2) is 20.4 Å². The molecule has 0 saturated heterocycles. The zero-order valence-corrected chi connectivity index (χ0v) is 15.1. The van der Waals surface area contributed by atoms with Crippen LogP contribution < -0.4 is 16.6 Å². The van der Waals surface area contributed by atoms with Gasteiger partial charge in [0.15, 0.2) is 5.65 Å². The normalized spacial score (nSPS) is 13.9. The summed E-state index contributed by atoms with van der Waals surface area (Å²) in [5, 5.41) is 4.97. The number of carbonyl (C=O) groups excluding carboxylic acids is 1. The summed E-state index contributed by atoms with van der Waals surface area (Å²) < 4.78 is 1.40. The Kier molecular flexibility index (Phi) is 4.20. The maximum absolute atomic E-state index is 12.8. The summed E-state index contributed by atoms with van der Waals surface area (Å²) in [5.74, 6) is -0.0394. The molecule has 1 saturated carbocycles. The van der Waals surface area contributed by atoms with Crippen molar-refractivity contribution < 1.29 is 4.79 Å². The van der Waals surface area contributed by atoms with Crippen molar-refractivity contribution in [3.05, 3.63) is 60.6 Å². The summed E-state index contributed by atoms with van der Waals surface area (Å²) in [6, 6.07) is 5.56. The molecule has 3 aromatic rings. The Morgan fingerprint density at radius 2 is 2.23 bits per heavy atom. The number of carbonyl (C=O) groups is 1. The maximum atomic E-state index is 12.8. The van der Waals surface area contributed by atoms with Gasteiger partial charge in [0.05, 0.1) is 17.5 Å². The van der Waals surface area contributed by atoms with Gasteiger partial charge < -0.3 is 5.32 Å². The molecule has 3 heterocycles. The summed E-state index contributed by atoms with van der Waals surface area (Å²) in [6.07, 6.45) is 2.02. The van der Waals surface area contributed by atoms with Gasteiger partial charge in [-0.2, -0.15) is 0 Å². The van der Waals surface area contributed by atoms with Crippen LogP contribution in [0.2, 0.25) is 0 Å². The highest BCUT2D eigenvalue weighted by Crippen LogP contribution is 2.39. The Morgan fingerprint density at radius 1 is 1.42 bits per heavy atom. The number of pyridine rings is 1. The fraction of sp³-hybridized carbons (Fsp3) is 0.333. The summed E-state index contributed by atoms with van der Waals surface area (Å²) >= 11 is 1.55. The Bertz CT molecular complexity index is 1090. The quantitative estimate of drug-likeness (QED) is 0.718. The van der Waals surface area contributed by atoms with Crippen molar-refractivity contribution in [2.75, 3.05) is 0 Å². The van der Waals surface area contributed by atoms with Crippen LogP contribution in [0.5, 0.6) is 0 Å².